The number of amides is 1. The van der Waals surface area contributed by atoms with Gasteiger partial charge in [0.15, 0.2) is 0 Å². The minimum atomic E-state index is -0.815. The van der Waals surface area contributed by atoms with Crippen LogP contribution in [0, 0.1) is 18.2 Å². The zero-order valence-corrected chi connectivity index (χ0v) is 9.17. The number of anilines is 1. The second-order valence-corrected chi connectivity index (χ2v) is 3.96. The van der Waals surface area contributed by atoms with Gasteiger partial charge >= 0.3 is 0 Å². The molecule has 1 amide bonds. The molecule has 4 heteroatoms. The highest BCUT2D eigenvalue weighted by Crippen LogP contribution is 2.13. The number of terminal acetylenes is 1. The Hall–Kier alpha value is -2.02. The molecule has 0 aliphatic carbocycles. The molecule has 0 aromatic heterocycles. The van der Waals surface area contributed by atoms with Crippen LogP contribution in [0.5, 0.6) is 0 Å². The van der Waals surface area contributed by atoms with Crippen molar-refractivity contribution >= 4 is 11.6 Å². The van der Waals surface area contributed by atoms with E-state index in [0.29, 0.717) is 0 Å². The van der Waals surface area contributed by atoms with Gasteiger partial charge in [0, 0.05) is 5.69 Å². The van der Waals surface area contributed by atoms with E-state index in [-0.39, 0.29) is 11.3 Å². The SMILES string of the molecule is C#CC(C)(C)NC(=O)c1ccc(N)cc1F. The van der Waals surface area contributed by atoms with Gasteiger partial charge in [-0.1, -0.05) is 5.92 Å². The van der Waals surface area contributed by atoms with Gasteiger partial charge in [0.25, 0.3) is 5.91 Å². The molecule has 0 radical (unpaired) electrons. The first-order chi connectivity index (χ1) is 7.35. The normalized spacial score (nSPS) is 10.6. The molecule has 0 heterocycles. The number of nitrogens with one attached hydrogen (secondary N) is 1. The van der Waals surface area contributed by atoms with Crippen LogP contribution >= 0.6 is 0 Å². The van der Waals surface area contributed by atoms with Gasteiger partial charge in [-0.3, -0.25) is 4.79 Å². The van der Waals surface area contributed by atoms with Gasteiger partial charge in [0.2, 0.25) is 0 Å². The number of nitrogen functional groups attached to an aromatic ring is 1. The summed E-state index contributed by atoms with van der Waals surface area (Å²) in [5, 5.41) is 2.53. The zero-order chi connectivity index (χ0) is 12.3. The number of hydrogen-bond donors (Lipinski definition) is 2. The van der Waals surface area contributed by atoms with E-state index < -0.39 is 17.3 Å². The summed E-state index contributed by atoms with van der Waals surface area (Å²) in [4.78, 5) is 11.7. The fourth-order valence-corrected chi connectivity index (χ4v) is 1.10. The van der Waals surface area contributed by atoms with E-state index in [9.17, 15) is 9.18 Å². The highest BCUT2D eigenvalue weighted by Gasteiger charge is 2.20. The molecule has 1 rings (SSSR count). The van der Waals surface area contributed by atoms with Gasteiger partial charge in [-0.15, -0.1) is 6.42 Å². The van der Waals surface area contributed by atoms with Crippen molar-refractivity contribution < 1.29 is 9.18 Å². The number of benzene rings is 1. The fraction of sp³-hybridized carbons (Fsp3) is 0.250. The Morgan fingerprint density at radius 3 is 2.69 bits per heavy atom. The molecule has 0 saturated heterocycles. The molecule has 0 unspecified atom stereocenters. The molecule has 0 bridgehead atoms. The largest absolute Gasteiger partial charge is 0.399 e. The van der Waals surface area contributed by atoms with E-state index in [1.54, 1.807) is 13.8 Å². The van der Waals surface area contributed by atoms with E-state index in [2.05, 4.69) is 11.2 Å². The van der Waals surface area contributed by atoms with Crippen LogP contribution in [0.25, 0.3) is 0 Å². The Labute approximate surface area is 93.8 Å². The first-order valence-corrected chi connectivity index (χ1v) is 4.71. The van der Waals surface area contributed by atoms with Crippen molar-refractivity contribution in [3.8, 4) is 12.3 Å². The van der Waals surface area contributed by atoms with Crippen molar-refractivity contribution in [1.29, 1.82) is 0 Å². The van der Waals surface area contributed by atoms with Gasteiger partial charge in [0.05, 0.1) is 11.1 Å². The molecule has 3 N–H and O–H groups in total. The summed E-state index contributed by atoms with van der Waals surface area (Å²) in [6, 6.07) is 3.88. The third-order valence-corrected chi connectivity index (χ3v) is 2.02. The summed E-state index contributed by atoms with van der Waals surface area (Å²) in [6.07, 6.45) is 5.22. The minimum Gasteiger partial charge on any atom is -0.399 e. The number of carbonyl (C=O) groups excluding carboxylic acids is 1. The van der Waals surface area contributed by atoms with Gasteiger partial charge in [-0.2, -0.15) is 0 Å². The van der Waals surface area contributed by atoms with Crippen molar-refractivity contribution in [3.63, 3.8) is 0 Å². The Bertz CT molecular complexity index is 461. The lowest BCUT2D eigenvalue weighted by molar-refractivity contribution is 0.0926. The van der Waals surface area contributed by atoms with Gasteiger partial charge in [0.1, 0.15) is 5.82 Å². The third-order valence-electron chi connectivity index (χ3n) is 2.02. The highest BCUT2D eigenvalue weighted by atomic mass is 19.1. The average Bonchev–Trinajstić information content (AvgIpc) is 2.16. The molecule has 0 atom stereocenters. The van der Waals surface area contributed by atoms with Crippen LogP contribution in [-0.2, 0) is 0 Å². The predicted octanol–water partition coefficient (Wildman–Crippen LogP) is 1.55. The van der Waals surface area contributed by atoms with Crippen LogP contribution in [0.3, 0.4) is 0 Å². The van der Waals surface area contributed by atoms with Gasteiger partial charge in [-0.05, 0) is 32.0 Å². The molecule has 1 aromatic rings. The maximum atomic E-state index is 13.4. The molecule has 0 aliphatic heterocycles. The maximum absolute atomic E-state index is 13.4. The van der Waals surface area contributed by atoms with Crippen LogP contribution < -0.4 is 11.1 Å². The van der Waals surface area contributed by atoms with E-state index >= 15 is 0 Å². The lowest BCUT2D eigenvalue weighted by Crippen LogP contribution is -2.42. The number of halogens is 1. The van der Waals surface area contributed by atoms with E-state index in [1.807, 2.05) is 0 Å². The number of carbonyl (C=O) groups is 1. The predicted molar refractivity (Wildman–Crippen MR) is 61.2 cm³/mol. The second-order valence-electron chi connectivity index (χ2n) is 3.96. The summed E-state index contributed by atoms with van der Waals surface area (Å²) in [5.74, 6) is 1.18. The highest BCUT2D eigenvalue weighted by molar-refractivity contribution is 5.95. The first kappa shape index (κ1) is 12.1. The Kier molecular flexibility index (Phi) is 3.19. The van der Waals surface area contributed by atoms with Crippen LogP contribution in [0.4, 0.5) is 10.1 Å². The third kappa shape index (κ3) is 2.74. The summed E-state index contributed by atoms with van der Waals surface area (Å²) in [6.45, 7) is 3.31. The monoisotopic (exact) mass is 220 g/mol. The van der Waals surface area contributed by atoms with E-state index in [0.717, 1.165) is 6.07 Å². The topological polar surface area (TPSA) is 55.1 Å². The Balaban J connectivity index is 2.95. The van der Waals surface area contributed by atoms with Crippen molar-refractivity contribution in [1.82, 2.24) is 5.32 Å². The second kappa shape index (κ2) is 4.23. The van der Waals surface area contributed by atoms with E-state index in [4.69, 9.17) is 12.2 Å². The molecule has 3 nitrogen and oxygen atoms in total. The molecule has 16 heavy (non-hydrogen) atoms. The van der Waals surface area contributed by atoms with E-state index in [1.165, 1.54) is 12.1 Å². The Morgan fingerprint density at radius 1 is 1.56 bits per heavy atom. The molecule has 1 aromatic carbocycles. The van der Waals surface area contributed by atoms with Crippen LogP contribution in [-0.4, -0.2) is 11.4 Å². The molecule has 84 valence electrons. The van der Waals surface area contributed by atoms with Crippen molar-refractivity contribution in [2.45, 2.75) is 19.4 Å². The van der Waals surface area contributed by atoms with Crippen LogP contribution in [0.1, 0.15) is 24.2 Å². The lowest BCUT2D eigenvalue weighted by Gasteiger charge is -2.19. The van der Waals surface area contributed by atoms with Crippen molar-refractivity contribution in [3.05, 3.63) is 29.6 Å². The number of nitrogens with two attached hydrogens (primary N) is 1. The van der Waals surface area contributed by atoms with Crippen molar-refractivity contribution in [2.24, 2.45) is 0 Å². The molecule has 0 spiro atoms. The summed E-state index contributed by atoms with van der Waals surface area (Å²) >= 11 is 0. The number of rotatable bonds is 2. The van der Waals surface area contributed by atoms with Crippen LogP contribution in [0.2, 0.25) is 0 Å². The average molecular weight is 220 g/mol. The standard InChI is InChI=1S/C12H13FN2O/c1-4-12(2,3)15-11(16)9-6-5-8(14)7-10(9)13/h1,5-7H,14H2,2-3H3,(H,15,16). The molecular formula is C12H13FN2O. The molecule has 0 fully saturated rings. The smallest absolute Gasteiger partial charge is 0.255 e. The van der Waals surface area contributed by atoms with Gasteiger partial charge < -0.3 is 11.1 Å². The molecule has 0 saturated carbocycles. The van der Waals surface area contributed by atoms with Gasteiger partial charge in [-0.25, -0.2) is 4.39 Å². The lowest BCUT2D eigenvalue weighted by atomic mass is 10.1. The molecular weight excluding hydrogens is 207 g/mol. The maximum Gasteiger partial charge on any atom is 0.255 e. The number of hydrogen-bond acceptors (Lipinski definition) is 2. The first-order valence-electron chi connectivity index (χ1n) is 4.71. The fourth-order valence-electron chi connectivity index (χ4n) is 1.10. The molecule has 0 aliphatic rings. The zero-order valence-electron chi connectivity index (χ0n) is 9.17. The summed E-state index contributed by atoms with van der Waals surface area (Å²) in [5.41, 5.74) is 4.76. The minimum absolute atomic E-state index is 0.0717. The summed E-state index contributed by atoms with van der Waals surface area (Å²) < 4.78 is 13.4. The quantitative estimate of drug-likeness (QED) is 0.587. The summed E-state index contributed by atoms with van der Waals surface area (Å²) in [7, 11) is 0. The van der Waals surface area contributed by atoms with Crippen molar-refractivity contribution in [2.75, 3.05) is 5.73 Å². The Morgan fingerprint density at radius 2 is 2.19 bits per heavy atom. The van der Waals surface area contributed by atoms with Crippen LogP contribution in [0.15, 0.2) is 18.2 Å².